The van der Waals surface area contributed by atoms with Crippen LogP contribution in [0.5, 0.6) is 0 Å². The SMILES string of the molecule is CCNC(c1cnccc1C)c1c(Br)cnn1C. The molecular formula is C13H17BrN4. The van der Waals surface area contributed by atoms with Crippen molar-refractivity contribution in [3.63, 3.8) is 0 Å². The molecule has 0 aliphatic rings. The molecule has 1 atom stereocenters. The van der Waals surface area contributed by atoms with Crippen molar-refractivity contribution >= 4 is 15.9 Å². The van der Waals surface area contributed by atoms with Gasteiger partial charge in [-0.25, -0.2) is 0 Å². The van der Waals surface area contributed by atoms with E-state index in [1.807, 2.05) is 36.4 Å². The van der Waals surface area contributed by atoms with Crippen LogP contribution in [0.15, 0.2) is 29.1 Å². The lowest BCUT2D eigenvalue weighted by molar-refractivity contribution is 0.567. The molecule has 0 amide bonds. The fourth-order valence-corrected chi connectivity index (χ4v) is 2.66. The largest absolute Gasteiger partial charge is 0.305 e. The predicted molar refractivity (Wildman–Crippen MR) is 75.4 cm³/mol. The Morgan fingerprint density at radius 2 is 2.22 bits per heavy atom. The Bertz CT molecular complexity index is 516. The van der Waals surface area contributed by atoms with Crippen molar-refractivity contribution in [3.05, 3.63) is 46.0 Å². The van der Waals surface area contributed by atoms with Crippen LogP contribution >= 0.6 is 15.9 Å². The van der Waals surface area contributed by atoms with Crippen LogP contribution in [0.25, 0.3) is 0 Å². The molecule has 96 valence electrons. The predicted octanol–water partition coefficient (Wildman–Crippen LogP) is 2.58. The highest BCUT2D eigenvalue weighted by atomic mass is 79.9. The molecule has 0 fully saturated rings. The highest BCUT2D eigenvalue weighted by molar-refractivity contribution is 9.10. The van der Waals surface area contributed by atoms with Gasteiger partial charge in [0.1, 0.15) is 0 Å². The van der Waals surface area contributed by atoms with Crippen LogP contribution in [0, 0.1) is 6.92 Å². The lowest BCUT2D eigenvalue weighted by atomic mass is 10.0. The van der Waals surface area contributed by atoms with Crippen molar-refractivity contribution in [2.45, 2.75) is 19.9 Å². The molecule has 1 N–H and O–H groups in total. The van der Waals surface area contributed by atoms with Crippen molar-refractivity contribution in [1.29, 1.82) is 0 Å². The summed E-state index contributed by atoms with van der Waals surface area (Å²) in [7, 11) is 1.95. The van der Waals surface area contributed by atoms with E-state index in [9.17, 15) is 0 Å². The van der Waals surface area contributed by atoms with Gasteiger partial charge in [0.15, 0.2) is 0 Å². The van der Waals surface area contributed by atoms with E-state index >= 15 is 0 Å². The topological polar surface area (TPSA) is 42.7 Å². The first-order valence-electron chi connectivity index (χ1n) is 5.96. The summed E-state index contributed by atoms with van der Waals surface area (Å²) in [5, 5.41) is 7.78. The lowest BCUT2D eigenvalue weighted by Gasteiger charge is -2.20. The molecule has 0 bridgehead atoms. The van der Waals surface area contributed by atoms with E-state index in [4.69, 9.17) is 0 Å². The van der Waals surface area contributed by atoms with Gasteiger partial charge in [-0.3, -0.25) is 9.67 Å². The fraction of sp³-hybridized carbons (Fsp3) is 0.385. The first-order valence-corrected chi connectivity index (χ1v) is 6.75. The van der Waals surface area contributed by atoms with Crippen molar-refractivity contribution in [2.24, 2.45) is 7.05 Å². The van der Waals surface area contributed by atoms with Gasteiger partial charge >= 0.3 is 0 Å². The Labute approximate surface area is 116 Å². The number of aromatic nitrogens is 3. The Morgan fingerprint density at radius 1 is 1.44 bits per heavy atom. The van der Waals surface area contributed by atoms with Crippen LogP contribution in [0.3, 0.4) is 0 Å². The minimum atomic E-state index is 0.102. The van der Waals surface area contributed by atoms with E-state index in [2.05, 4.69) is 45.2 Å². The standard InChI is InChI=1S/C13H17BrN4/c1-4-16-12(10-7-15-6-5-9(10)2)13-11(14)8-17-18(13)3/h5-8,12,16H,4H2,1-3H3. The van der Waals surface area contributed by atoms with Gasteiger partial charge in [0.05, 0.1) is 22.4 Å². The highest BCUT2D eigenvalue weighted by Crippen LogP contribution is 2.29. The third-order valence-corrected chi connectivity index (χ3v) is 3.62. The summed E-state index contributed by atoms with van der Waals surface area (Å²) in [6.07, 6.45) is 5.56. The Morgan fingerprint density at radius 3 is 2.78 bits per heavy atom. The summed E-state index contributed by atoms with van der Waals surface area (Å²) in [5.74, 6) is 0. The number of aryl methyl sites for hydroxylation is 2. The van der Waals surface area contributed by atoms with Gasteiger partial charge in [0.2, 0.25) is 0 Å². The molecule has 0 aliphatic heterocycles. The maximum atomic E-state index is 4.28. The number of halogens is 1. The molecule has 18 heavy (non-hydrogen) atoms. The minimum Gasteiger partial charge on any atom is -0.305 e. The van der Waals surface area contributed by atoms with Gasteiger partial charge in [-0.2, -0.15) is 5.10 Å². The van der Waals surface area contributed by atoms with E-state index in [-0.39, 0.29) is 6.04 Å². The Balaban J connectivity index is 2.50. The number of pyridine rings is 1. The summed E-state index contributed by atoms with van der Waals surface area (Å²) in [6, 6.07) is 2.13. The van der Waals surface area contributed by atoms with Gasteiger partial charge < -0.3 is 5.32 Å². The third kappa shape index (κ3) is 2.47. The van der Waals surface area contributed by atoms with Gasteiger partial charge in [-0.05, 0) is 46.6 Å². The highest BCUT2D eigenvalue weighted by Gasteiger charge is 2.21. The zero-order chi connectivity index (χ0) is 13.1. The molecule has 0 spiro atoms. The molecule has 0 aromatic carbocycles. The fourth-order valence-electron chi connectivity index (χ4n) is 2.08. The van der Waals surface area contributed by atoms with Crippen LogP contribution in [-0.4, -0.2) is 21.3 Å². The van der Waals surface area contributed by atoms with Gasteiger partial charge in [-0.1, -0.05) is 6.92 Å². The van der Waals surface area contributed by atoms with Crippen molar-refractivity contribution in [1.82, 2.24) is 20.1 Å². The van der Waals surface area contributed by atoms with Crippen molar-refractivity contribution in [2.75, 3.05) is 6.54 Å². The normalized spacial score (nSPS) is 12.7. The molecule has 2 aromatic heterocycles. The minimum absolute atomic E-state index is 0.102. The maximum Gasteiger partial charge on any atom is 0.0777 e. The number of hydrogen-bond donors (Lipinski definition) is 1. The molecule has 2 heterocycles. The zero-order valence-corrected chi connectivity index (χ0v) is 12.4. The summed E-state index contributed by atoms with van der Waals surface area (Å²) < 4.78 is 2.91. The summed E-state index contributed by atoms with van der Waals surface area (Å²) in [6.45, 7) is 5.09. The Hall–Kier alpha value is -1.20. The summed E-state index contributed by atoms with van der Waals surface area (Å²) >= 11 is 3.57. The molecule has 0 saturated heterocycles. The zero-order valence-electron chi connectivity index (χ0n) is 10.8. The van der Waals surface area contributed by atoms with Gasteiger partial charge in [0.25, 0.3) is 0 Å². The van der Waals surface area contributed by atoms with Crippen molar-refractivity contribution < 1.29 is 0 Å². The second-order valence-electron chi connectivity index (χ2n) is 4.22. The van der Waals surface area contributed by atoms with Crippen LogP contribution in [0.2, 0.25) is 0 Å². The average Bonchev–Trinajstić information content (AvgIpc) is 2.68. The lowest BCUT2D eigenvalue weighted by Crippen LogP contribution is -2.25. The van der Waals surface area contributed by atoms with Crippen LogP contribution < -0.4 is 5.32 Å². The first-order chi connectivity index (χ1) is 8.65. The Kier molecular flexibility index (Phi) is 4.14. The molecule has 2 rings (SSSR count). The van der Waals surface area contributed by atoms with Crippen molar-refractivity contribution in [3.8, 4) is 0 Å². The molecule has 0 saturated carbocycles. The summed E-state index contributed by atoms with van der Waals surface area (Å²) in [4.78, 5) is 4.23. The monoisotopic (exact) mass is 308 g/mol. The third-order valence-electron chi connectivity index (χ3n) is 3.01. The van der Waals surface area contributed by atoms with Gasteiger partial charge in [0, 0.05) is 19.4 Å². The molecule has 1 unspecified atom stereocenters. The van der Waals surface area contributed by atoms with Crippen LogP contribution in [-0.2, 0) is 7.05 Å². The smallest absolute Gasteiger partial charge is 0.0777 e. The van der Waals surface area contributed by atoms with Crippen LogP contribution in [0.1, 0.15) is 29.8 Å². The molecule has 0 aliphatic carbocycles. The van der Waals surface area contributed by atoms with Gasteiger partial charge in [-0.15, -0.1) is 0 Å². The maximum absolute atomic E-state index is 4.28. The molecule has 0 radical (unpaired) electrons. The molecule has 2 aromatic rings. The number of rotatable bonds is 4. The van der Waals surface area contributed by atoms with E-state index in [0.29, 0.717) is 0 Å². The number of hydrogen-bond acceptors (Lipinski definition) is 3. The first kappa shape index (κ1) is 13.2. The number of nitrogens with zero attached hydrogens (tertiary/aromatic N) is 3. The van der Waals surface area contributed by atoms with Crippen LogP contribution in [0.4, 0.5) is 0 Å². The second-order valence-corrected chi connectivity index (χ2v) is 5.08. The second kappa shape index (κ2) is 5.63. The summed E-state index contributed by atoms with van der Waals surface area (Å²) in [5.41, 5.74) is 3.53. The van der Waals surface area contributed by atoms with E-state index < -0.39 is 0 Å². The molecule has 4 nitrogen and oxygen atoms in total. The number of nitrogens with one attached hydrogen (secondary N) is 1. The average molecular weight is 309 g/mol. The van der Waals surface area contributed by atoms with E-state index in [1.54, 1.807) is 0 Å². The van der Waals surface area contributed by atoms with E-state index in [0.717, 1.165) is 16.7 Å². The van der Waals surface area contributed by atoms with E-state index in [1.165, 1.54) is 11.1 Å². The molecule has 5 heteroatoms. The molecular weight excluding hydrogens is 292 g/mol. The quantitative estimate of drug-likeness (QED) is 0.944.